The van der Waals surface area contributed by atoms with E-state index in [4.69, 9.17) is 4.74 Å². The van der Waals surface area contributed by atoms with Crippen molar-refractivity contribution in [3.05, 3.63) is 35.9 Å². The number of benzene rings is 1. The lowest BCUT2D eigenvalue weighted by Crippen LogP contribution is -2.27. The number of rotatable bonds is 13. The van der Waals surface area contributed by atoms with Crippen molar-refractivity contribution < 1.29 is 24.6 Å². The first-order valence-electron chi connectivity index (χ1n) is 9.08. The molecule has 1 aromatic rings. The van der Waals surface area contributed by atoms with Crippen LogP contribution in [0.25, 0.3) is 0 Å². The minimum atomic E-state index is -0.316. The Morgan fingerprint density at radius 2 is 2.07 bits per heavy atom. The molecule has 0 aliphatic heterocycles. The summed E-state index contributed by atoms with van der Waals surface area (Å²) in [5, 5.41) is 20.4. The molecule has 0 unspecified atom stereocenters. The van der Waals surface area contributed by atoms with Crippen LogP contribution in [0.2, 0.25) is 0 Å². The minimum absolute atomic E-state index is 0.0165. The van der Waals surface area contributed by atoms with Crippen molar-refractivity contribution in [1.82, 2.24) is 5.06 Å². The number of thioether (sulfide) groups is 1. The molecule has 7 heteroatoms. The number of phenols is 1. The van der Waals surface area contributed by atoms with E-state index in [2.05, 4.69) is 6.58 Å². The third-order valence-corrected chi connectivity index (χ3v) is 4.93. The highest BCUT2D eigenvalue weighted by Gasteiger charge is 2.15. The van der Waals surface area contributed by atoms with E-state index in [-0.39, 0.29) is 30.4 Å². The molecule has 150 valence electrons. The summed E-state index contributed by atoms with van der Waals surface area (Å²) in [6, 6.07) is 3.33. The molecule has 1 aromatic carbocycles. The van der Waals surface area contributed by atoms with Crippen LogP contribution in [0.1, 0.15) is 49.0 Å². The molecule has 6 nitrogen and oxygen atoms in total. The summed E-state index contributed by atoms with van der Waals surface area (Å²) in [6.45, 7) is 7.52. The smallest absolute Gasteiger partial charge is 0.247 e. The van der Waals surface area contributed by atoms with E-state index < -0.39 is 0 Å². The molecule has 0 aromatic heterocycles. The van der Waals surface area contributed by atoms with Crippen LogP contribution < -0.4 is 4.74 Å². The van der Waals surface area contributed by atoms with Crippen LogP contribution >= 0.6 is 11.8 Å². The molecule has 0 aliphatic rings. The SMILES string of the molecule is C=CCN(O)C(=O)CCSCCCOc1ccc(C(C)=O)c(O)c1CCC. The van der Waals surface area contributed by atoms with E-state index >= 15 is 0 Å². The van der Waals surface area contributed by atoms with Crippen molar-refractivity contribution in [2.24, 2.45) is 0 Å². The second-order valence-electron chi connectivity index (χ2n) is 6.07. The van der Waals surface area contributed by atoms with E-state index in [1.165, 1.54) is 13.0 Å². The number of carbonyl (C=O) groups excluding carboxylic acids is 2. The maximum Gasteiger partial charge on any atom is 0.247 e. The van der Waals surface area contributed by atoms with Crippen molar-refractivity contribution in [2.75, 3.05) is 24.7 Å². The van der Waals surface area contributed by atoms with Gasteiger partial charge in [-0.3, -0.25) is 14.8 Å². The summed E-state index contributed by atoms with van der Waals surface area (Å²) in [6.07, 6.45) is 4.01. The Balaban J connectivity index is 2.40. The summed E-state index contributed by atoms with van der Waals surface area (Å²) in [5.74, 6) is 1.59. The summed E-state index contributed by atoms with van der Waals surface area (Å²) >= 11 is 1.62. The zero-order chi connectivity index (χ0) is 20.2. The lowest BCUT2D eigenvalue weighted by atomic mass is 10.0. The van der Waals surface area contributed by atoms with E-state index in [0.29, 0.717) is 40.7 Å². The van der Waals surface area contributed by atoms with Crippen molar-refractivity contribution in [3.8, 4) is 11.5 Å². The Morgan fingerprint density at radius 1 is 1.33 bits per heavy atom. The van der Waals surface area contributed by atoms with Crippen LogP contribution in [0.4, 0.5) is 0 Å². The van der Waals surface area contributed by atoms with Crippen molar-refractivity contribution in [3.63, 3.8) is 0 Å². The Hall–Kier alpha value is -1.99. The third-order valence-electron chi connectivity index (χ3n) is 3.86. The van der Waals surface area contributed by atoms with Gasteiger partial charge in [-0.05, 0) is 37.7 Å². The molecule has 0 spiro atoms. The van der Waals surface area contributed by atoms with E-state index in [1.54, 1.807) is 23.9 Å². The highest BCUT2D eigenvalue weighted by atomic mass is 32.2. The second-order valence-corrected chi connectivity index (χ2v) is 7.30. The second kappa shape index (κ2) is 12.4. The first-order valence-corrected chi connectivity index (χ1v) is 10.2. The van der Waals surface area contributed by atoms with E-state index in [1.807, 2.05) is 6.92 Å². The number of ether oxygens (including phenoxy) is 1. The van der Waals surface area contributed by atoms with Gasteiger partial charge in [0.25, 0.3) is 0 Å². The molecule has 0 bridgehead atoms. The Bertz CT molecular complexity index is 648. The largest absolute Gasteiger partial charge is 0.507 e. The summed E-state index contributed by atoms with van der Waals surface area (Å²) < 4.78 is 5.79. The van der Waals surface area contributed by atoms with Crippen molar-refractivity contribution in [1.29, 1.82) is 0 Å². The van der Waals surface area contributed by atoms with Crippen LogP contribution in [-0.2, 0) is 11.2 Å². The molecule has 0 heterocycles. The van der Waals surface area contributed by atoms with Crippen LogP contribution in [0.3, 0.4) is 0 Å². The van der Waals surface area contributed by atoms with E-state index in [0.717, 1.165) is 18.6 Å². The number of nitrogens with zero attached hydrogens (tertiary/aromatic N) is 1. The molecule has 1 amide bonds. The van der Waals surface area contributed by atoms with Gasteiger partial charge in [0.05, 0.1) is 18.7 Å². The molecule has 27 heavy (non-hydrogen) atoms. The minimum Gasteiger partial charge on any atom is -0.507 e. The van der Waals surface area contributed by atoms with E-state index in [9.17, 15) is 19.9 Å². The van der Waals surface area contributed by atoms with Crippen LogP contribution in [0.5, 0.6) is 11.5 Å². The molecule has 1 rings (SSSR count). The van der Waals surface area contributed by atoms with Crippen molar-refractivity contribution >= 4 is 23.5 Å². The van der Waals surface area contributed by atoms with Gasteiger partial charge >= 0.3 is 0 Å². The fourth-order valence-electron chi connectivity index (χ4n) is 2.49. The number of hydrogen-bond donors (Lipinski definition) is 2. The Morgan fingerprint density at radius 3 is 2.70 bits per heavy atom. The van der Waals surface area contributed by atoms with Gasteiger partial charge in [-0.15, -0.1) is 6.58 Å². The zero-order valence-electron chi connectivity index (χ0n) is 16.1. The standard InChI is InChI=1S/C20H29NO5S/c1-4-7-17-18(9-8-16(15(3)22)20(17)24)26-12-6-13-27-14-10-19(23)21(25)11-5-2/h5,8-9,24-25H,2,4,6-7,10-14H2,1,3H3. The number of amides is 1. The van der Waals surface area contributed by atoms with Gasteiger partial charge in [0, 0.05) is 17.7 Å². The number of aromatic hydroxyl groups is 1. The number of ketones is 1. The molecule has 0 saturated carbocycles. The Labute approximate surface area is 165 Å². The van der Waals surface area contributed by atoms with Crippen LogP contribution in [0.15, 0.2) is 24.8 Å². The number of hydroxylamine groups is 2. The molecule has 0 radical (unpaired) electrons. The predicted octanol–water partition coefficient (Wildman–Crippen LogP) is 3.84. The normalized spacial score (nSPS) is 10.5. The van der Waals surface area contributed by atoms with Gasteiger partial charge in [0.2, 0.25) is 5.91 Å². The molecule has 0 fully saturated rings. The third kappa shape index (κ3) is 7.64. The highest BCUT2D eigenvalue weighted by molar-refractivity contribution is 7.99. The Kier molecular flexibility index (Phi) is 10.6. The number of carbonyl (C=O) groups is 2. The van der Waals surface area contributed by atoms with Gasteiger partial charge in [-0.1, -0.05) is 19.4 Å². The zero-order valence-corrected chi connectivity index (χ0v) is 16.9. The summed E-state index contributed by atoms with van der Waals surface area (Å²) in [5.41, 5.74) is 0.995. The summed E-state index contributed by atoms with van der Waals surface area (Å²) in [7, 11) is 0. The molecular weight excluding hydrogens is 366 g/mol. The topological polar surface area (TPSA) is 87.1 Å². The monoisotopic (exact) mass is 395 g/mol. The molecule has 0 saturated heterocycles. The highest BCUT2D eigenvalue weighted by Crippen LogP contribution is 2.33. The molecule has 0 aliphatic carbocycles. The van der Waals surface area contributed by atoms with Gasteiger partial charge in [0.1, 0.15) is 11.5 Å². The van der Waals surface area contributed by atoms with Gasteiger partial charge in [-0.25, -0.2) is 5.06 Å². The lowest BCUT2D eigenvalue weighted by Gasteiger charge is -2.14. The van der Waals surface area contributed by atoms with Crippen LogP contribution in [-0.4, -0.2) is 51.7 Å². The average Bonchev–Trinajstić information content (AvgIpc) is 2.63. The first-order chi connectivity index (χ1) is 12.9. The number of phenolic OH excluding ortho intramolecular Hbond substituents is 1. The fraction of sp³-hybridized carbons (Fsp3) is 0.500. The maximum absolute atomic E-state index is 11.6. The fourth-order valence-corrected chi connectivity index (χ4v) is 3.33. The van der Waals surface area contributed by atoms with Gasteiger partial charge in [-0.2, -0.15) is 11.8 Å². The predicted molar refractivity (Wildman–Crippen MR) is 108 cm³/mol. The first kappa shape index (κ1) is 23.0. The lowest BCUT2D eigenvalue weighted by molar-refractivity contribution is -0.162. The van der Waals surface area contributed by atoms with Crippen molar-refractivity contribution in [2.45, 2.75) is 39.5 Å². The molecule has 2 N–H and O–H groups in total. The number of hydrogen-bond acceptors (Lipinski definition) is 6. The van der Waals surface area contributed by atoms with Crippen LogP contribution in [0, 0.1) is 0 Å². The average molecular weight is 396 g/mol. The molecule has 0 atom stereocenters. The van der Waals surface area contributed by atoms with Gasteiger partial charge in [0.15, 0.2) is 5.78 Å². The number of Topliss-reactive ketones (excluding diaryl/α,β-unsaturated/α-hetero) is 1. The maximum atomic E-state index is 11.6. The van der Waals surface area contributed by atoms with Gasteiger partial charge < -0.3 is 9.84 Å². The quantitative estimate of drug-likeness (QED) is 0.173. The summed E-state index contributed by atoms with van der Waals surface area (Å²) in [4.78, 5) is 23.1. The molecular formula is C20H29NO5S.